The van der Waals surface area contributed by atoms with Gasteiger partial charge in [0.2, 0.25) is 0 Å². The first-order chi connectivity index (χ1) is 13.5. The lowest BCUT2D eigenvalue weighted by Gasteiger charge is -2.30. The number of benzene rings is 1. The molecule has 2 aromatic rings. The number of carbonyl (C=O) groups is 2. The third-order valence-corrected chi connectivity index (χ3v) is 5.02. The molecule has 2 heterocycles. The number of rotatable bonds is 6. The molecule has 0 radical (unpaired) electrons. The van der Waals surface area contributed by atoms with Crippen LogP contribution in [0.5, 0.6) is 5.75 Å². The summed E-state index contributed by atoms with van der Waals surface area (Å²) < 4.78 is 15.6. The van der Waals surface area contributed by atoms with Gasteiger partial charge in [0.15, 0.2) is 0 Å². The first-order valence-electron chi connectivity index (χ1n) is 9.32. The van der Waals surface area contributed by atoms with Gasteiger partial charge in [0.05, 0.1) is 25.0 Å². The summed E-state index contributed by atoms with van der Waals surface area (Å²) in [6.07, 6.45) is 1.77. The minimum Gasteiger partial charge on any atom is -0.495 e. The Bertz CT molecular complexity index is 873. The van der Waals surface area contributed by atoms with Gasteiger partial charge < -0.3 is 24.1 Å². The number of aromatic amines is 1. The smallest absolute Gasteiger partial charge is 0.340 e. The Morgan fingerprint density at radius 1 is 1.18 bits per heavy atom. The highest BCUT2D eigenvalue weighted by Gasteiger charge is 2.31. The van der Waals surface area contributed by atoms with Crippen molar-refractivity contribution < 1.29 is 23.8 Å². The highest BCUT2D eigenvalue weighted by Crippen LogP contribution is 2.37. The van der Waals surface area contributed by atoms with Crippen LogP contribution >= 0.6 is 0 Å². The maximum atomic E-state index is 13.4. The molecule has 0 atom stereocenters. The number of anilines is 1. The zero-order valence-electron chi connectivity index (χ0n) is 16.8. The van der Waals surface area contributed by atoms with Crippen LogP contribution in [0.3, 0.4) is 0 Å². The fourth-order valence-corrected chi connectivity index (χ4v) is 3.68. The predicted molar refractivity (Wildman–Crippen MR) is 105 cm³/mol. The molecule has 0 spiro atoms. The van der Waals surface area contributed by atoms with E-state index in [4.69, 9.17) is 14.2 Å². The Balaban J connectivity index is 1.93. The molecule has 0 saturated carbocycles. The Labute approximate surface area is 164 Å². The van der Waals surface area contributed by atoms with E-state index >= 15 is 0 Å². The first kappa shape index (κ1) is 19.9. The minimum atomic E-state index is -0.459. The summed E-state index contributed by atoms with van der Waals surface area (Å²) in [4.78, 5) is 30.6. The molecule has 1 amide bonds. The van der Waals surface area contributed by atoms with Gasteiger partial charge in [0.1, 0.15) is 18.1 Å². The van der Waals surface area contributed by atoms with Crippen LogP contribution in [0.4, 0.5) is 5.69 Å². The van der Waals surface area contributed by atoms with E-state index in [1.165, 1.54) is 0 Å². The van der Waals surface area contributed by atoms with Crippen molar-refractivity contribution in [3.8, 4) is 5.75 Å². The highest BCUT2D eigenvalue weighted by molar-refractivity contribution is 6.09. The summed E-state index contributed by atoms with van der Waals surface area (Å²) in [6, 6.07) is 5.81. The van der Waals surface area contributed by atoms with Crippen molar-refractivity contribution >= 4 is 17.6 Å². The van der Waals surface area contributed by atoms with E-state index in [0.717, 1.165) is 24.1 Å². The number of H-pyrrole nitrogens is 1. The van der Waals surface area contributed by atoms with Gasteiger partial charge in [0, 0.05) is 19.3 Å². The van der Waals surface area contributed by atoms with Crippen LogP contribution < -0.4 is 9.64 Å². The van der Waals surface area contributed by atoms with Crippen LogP contribution in [-0.4, -0.2) is 50.8 Å². The van der Waals surface area contributed by atoms with E-state index in [9.17, 15) is 9.59 Å². The van der Waals surface area contributed by atoms with Gasteiger partial charge in [-0.1, -0.05) is 12.1 Å². The van der Waals surface area contributed by atoms with Gasteiger partial charge in [-0.3, -0.25) is 4.79 Å². The molecule has 1 aromatic carbocycles. The first-order valence-corrected chi connectivity index (χ1v) is 9.32. The number of methoxy groups -OCH3 is 2. The van der Waals surface area contributed by atoms with Crippen LogP contribution in [0.1, 0.15) is 44.1 Å². The summed E-state index contributed by atoms with van der Waals surface area (Å²) in [5, 5.41) is 0. The zero-order valence-corrected chi connectivity index (χ0v) is 16.8. The third kappa shape index (κ3) is 3.62. The van der Waals surface area contributed by atoms with Crippen molar-refractivity contribution in [3.63, 3.8) is 0 Å². The molecule has 1 aliphatic rings. The number of esters is 1. The Morgan fingerprint density at radius 3 is 2.68 bits per heavy atom. The van der Waals surface area contributed by atoms with Crippen molar-refractivity contribution in [3.05, 3.63) is 46.3 Å². The van der Waals surface area contributed by atoms with Gasteiger partial charge in [-0.2, -0.15) is 0 Å². The normalized spacial score (nSPS) is 13.2. The fourth-order valence-electron chi connectivity index (χ4n) is 3.68. The average Bonchev–Trinajstić information content (AvgIpc) is 3.00. The standard InChI is InChI=1S/C21H26N2O5/c1-13-17(21(25)28-12-11-26-3)14(2)22-18(13)20(24)23-10-6-8-15-7-5-9-16(27-4)19(15)23/h5,7,9,22H,6,8,10-12H2,1-4H3. The fraction of sp³-hybridized carbons (Fsp3) is 0.429. The van der Waals surface area contributed by atoms with Crippen LogP contribution in [0, 0.1) is 13.8 Å². The number of hydrogen-bond donors (Lipinski definition) is 1. The number of nitrogens with one attached hydrogen (secondary N) is 1. The second kappa shape index (κ2) is 8.48. The number of aromatic nitrogens is 1. The maximum Gasteiger partial charge on any atom is 0.340 e. The number of carbonyl (C=O) groups excluding carboxylic acids is 2. The molecule has 3 rings (SSSR count). The van der Waals surface area contributed by atoms with E-state index in [0.29, 0.717) is 41.4 Å². The maximum absolute atomic E-state index is 13.4. The molecule has 150 valence electrons. The summed E-state index contributed by atoms with van der Waals surface area (Å²) in [6.45, 7) is 4.61. The second-order valence-corrected chi connectivity index (χ2v) is 6.78. The SMILES string of the molecule is COCCOC(=O)c1c(C)[nH]c(C(=O)N2CCCc3cccc(OC)c32)c1C. The lowest BCUT2D eigenvalue weighted by Crippen LogP contribution is -2.36. The molecule has 7 heteroatoms. The van der Waals surface area contributed by atoms with Gasteiger partial charge in [-0.05, 0) is 43.9 Å². The van der Waals surface area contributed by atoms with Crippen molar-refractivity contribution in [1.82, 2.24) is 4.98 Å². The van der Waals surface area contributed by atoms with E-state index < -0.39 is 5.97 Å². The third-order valence-electron chi connectivity index (χ3n) is 5.02. The number of fused-ring (bicyclic) bond motifs is 1. The van der Waals surface area contributed by atoms with Gasteiger partial charge >= 0.3 is 5.97 Å². The molecule has 28 heavy (non-hydrogen) atoms. The van der Waals surface area contributed by atoms with Crippen LogP contribution in [0.25, 0.3) is 0 Å². The number of aryl methyl sites for hydroxylation is 2. The Hall–Kier alpha value is -2.80. The summed E-state index contributed by atoms with van der Waals surface area (Å²) >= 11 is 0. The number of nitrogens with zero attached hydrogens (tertiary/aromatic N) is 1. The molecule has 7 nitrogen and oxygen atoms in total. The number of hydrogen-bond acceptors (Lipinski definition) is 5. The molecule has 0 fully saturated rings. The van der Waals surface area contributed by atoms with Crippen molar-refractivity contribution in [2.24, 2.45) is 0 Å². The second-order valence-electron chi connectivity index (χ2n) is 6.78. The summed E-state index contributed by atoms with van der Waals surface area (Å²) in [5.41, 5.74) is 3.88. The zero-order chi connectivity index (χ0) is 20.3. The lowest BCUT2D eigenvalue weighted by molar-refractivity contribution is 0.0387. The van der Waals surface area contributed by atoms with Crippen LogP contribution in [0.15, 0.2) is 18.2 Å². The largest absolute Gasteiger partial charge is 0.495 e. The molecule has 1 aliphatic heterocycles. The molecule has 1 aromatic heterocycles. The Kier molecular flexibility index (Phi) is 6.04. The van der Waals surface area contributed by atoms with Gasteiger partial charge in [-0.25, -0.2) is 4.79 Å². The Morgan fingerprint density at radius 2 is 1.96 bits per heavy atom. The average molecular weight is 386 g/mol. The predicted octanol–water partition coefficient (Wildman–Crippen LogP) is 3.04. The number of ether oxygens (including phenoxy) is 3. The molecule has 0 unspecified atom stereocenters. The monoisotopic (exact) mass is 386 g/mol. The topological polar surface area (TPSA) is 80.9 Å². The van der Waals surface area contributed by atoms with Gasteiger partial charge in [-0.15, -0.1) is 0 Å². The molecule has 0 aliphatic carbocycles. The molecule has 1 N–H and O–H groups in total. The minimum absolute atomic E-state index is 0.166. The number of amides is 1. The highest BCUT2D eigenvalue weighted by atomic mass is 16.6. The molecule has 0 bridgehead atoms. The van der Waals surface area contributed by atoms with Crippen LogP contribution in [-0.2, 0) is 15.9 Å². The van der Waals surface area contributed by atoms with E-state index in [2.05, 4.69) is 4.98 Å². The van der Waals surface area contributed by atoms with E-state index in [1.54, 1.807) is 33.0 Å². The van der Waals surface area contributed by atoms with Crippen molar-refractivity contribution in [2.45, 2.75) is 26.7 Å². The number of para-hydroxylation sites is 1. The van der Waals surface area contributed by atoms with Crippen molar-refractivity contribution in [1.29, 1.82) is 0 Å². The quantitative estimate of drug-likeness (QED) is 0.610. The summed E-state index contributed by atoms with van der Waals surface area (Å²) in [5.74, 6) is 0.0339. The molecule has 0 saturated heterocycles. The van der Waals surface area contributed by atoms with Crippen LogP contribution in [0.2, 0.25) is 0 Å². The van der Waals surface area contributed by atoms with Crippen molar-refractivity contribution in [2.75, 3.05) is 38.9 Å². The van der Waals surface area contributed by atoms with E-state index in [-0.39, 0.29) is 12.5 Å². The van der Waals surface area contributed by atoms with E-state index in [1.807, 2.05) is 18.2 Å². The lowest BCUT2D eigenvalue weighted by atomic mass is 10.00. The molecular weight excluding hydrogens is 360 g/mol. The molecular formula is C21H26N2O5. The summed E-state index contributed by atoms with van der Waals surface area (Å²) in [7, 11) is 3.15. The van der Waals surface area contributed by atoms with Gasteiger partial charge in [0.25, 0.3) is 5.91 Å².